The first kappa shape index (κ1) is 16.8. The van der Waals surface area contributed by atoms with E-state index in [1.54, 1.807) is 6.26 Å². The quantitative estimate of drug-likeness (QED) is 0.385. The van der Waals surface area contributed by atoms with Gasteiger partial charge < -0.3 is 0 Å². The van der Waals surface area contributed by atoms with Crippen molar-refractivity contribution >= 4 is 34.4 Å². The minimum Gasteiger partial charge on any atom is -0.269 e. The van der Waals surface area contributed by atoms with Gasteiger partial charge in [-0.1, -0.05) is 23.4 Å². The van der Waals surface area contributed by atoms with E-state index in [0.717, 1.165) is 12.1 Å². The highest BCUT2D eigenvalue weighted by Gasteiger charge is 2.30. The third kappa shape index (κ3) is 2.99. The van der Waals surface area contributed by atoms with E-state index in [4.69, 9.17) is 11.6 Å². The number of hydrogen-bond acceptors (Lipinski definition) is 4. The van der Waals surface area contributed by atoms with Crippen LogP contribution in [0.4, 0.5) is 13.2 Å². The van der Waals surface area contributed by atoms with E-state index in [0.29, 0.717) is 10.5 Å². The molecule has 0 aliphatic carbocycles. The largest absolute Gasteiger partial charge is 0.416 e. The Labute approximate surface area is 143 Å². The van der Waals surface area contributed by atoms with Crippen LogP contribution in [-0.4, -0.2) is 20.8 Å². The van der Waals surface area contributed by atoms with Gasteiger partial charge >= 0.3 is 6.18 Å². The van der Waals surface area contributed by atoms with Gasteiger partial charge in [0.05, 0.1) is 16.6 Å². The lowest BCUT2D eigenvalue weighted by molar-refractivity contribution is -0.137. The minimum absolute atomic E-state index is 0.171. The van der Waals surface area contributed by atoms with Crippen molar-refractivity contribution in [1.29, 1.82) is 0 Å². The van der Waals surface area contributed by atoms with Gasteiger partial charge in [-0.3, -0.25) is 9.36 Å². The Morgan fingerprint density at radius 3 is 2.33 bits per heavy atom. The molecule has 0 fully saturated rings. The summed E-state index contributed by atoms with van der Waals surface area (Å²) in [6, 6.07) is 7.04. The second kappa shape index (κ2) is 6.10. The molecule has 0 unspecified atom stereocenters. The Bertz CT molecular complexity index is 971. The molecule has 0 spiro atoms. The zero-order chi connectivity index (χ0) is 17.5. The van der Waals surface area contributed by atoms with E-state index < -0.39 is 17.3 Å². The number of aromatic nitrogens is 3. The van der Waals surface area contributed by atoms with Crippen molar-refractivity contribution < 1.29 is 13.2 Å². The summed E-state index contributed by atoms with van der Waals surface area (Å²) in [7, 11) is 0. The standard InChI is InChI=1S/C15H9ClF3N3OS/c1-24-14-20-12(16)10-6-7-11(23)22(13(10)21-14)9-4-2-8(3-5-9)15(17,18)19/h2-7H,1H3. The molecule has 124 valence electrons. The van der Waals surface area contributed by atoms with Crippen LogP contribution in [0, 0.1) is 0 Å². The van der Waals surface area contributed by atoms with Crippen LogP contribution in [-0.2, 0) is 6.18 Å². The first-order valence-corrected chi connectivity index (χ1v) is 8.22. The molecule has 0 amide bonds. The zero-order valence-electron chi connectivity index (χ0n) is 12.1. The van der Waals surface area contributed by atoms with E-state index >= 15 is 0 Å². The Kier molecular flexibility index (Phi) is 4.27. The molecule has 0 aliphatic heterocycles. The SMILES string of the molecule is CSc1nc(Cl)c2ccc(=O)n(-c3ccc(C(F)(F)F)cc3)c2n1. The highest BCUT2D eigenvalue weighted by Crippen LogP contribution is 2.30. The monoisotopic (exact) mass is 371 g/mol. The summed E-state index contributed by atoms with van der Waals surface area (Å²) in [5, 5.41) is 0.970. The third-order valence-corrected chi connectivity index (χ3v) is 4.15. The van der Waals surface area contributed by atoms with Crippen molar-refractivity contribution in [1.82, 2.24) is 14.5 Å². The van der Waals surface area contributed by atoms with Crippen LogP contribution in [0.25, 0.3) is 16.7 Å². The lowest BCUT2D eigenvalue weighted by Crippen LogP contribution is -2.19. The maximum absolute atomic E-state index is 12.7. The van der Waals surface area contributed by atoms with Crippen molar-refractivity contribution in [3.05, 3.63) is 57.5 Å². The van der Waals surface area contributed by atoms with Crippen LogP contribution >= 0.6 is 23.4 Å². The predicted octanol–water partition coefficient (Wildman–Crippen LogP) is 4.17. The van der Waals surface area contributed by atoms with Crippen molar-refractivity contribution in [2.24, 2.45) is 0 Å². The number of halogens is 4. The molecule has 3 aromatic rings. The Balaban J connectivity index is 2.27. The fourth-order valence-corrected chi connectivity index (χ4v) is 2.84. The maximum atomic E-state index is 12.7. The van der Waals surface area contributed by atoms with Crippen LogP contribution in [0.15, 0.2) is 46.3 Å². The molecule has 0 saturated heterocycles. The average molecular weight is 372 g/mol. The normalized spacial score (nSPS) is 11.9. The first-order chi connectivity index (χ1) is 11.3. The van der Waals surface area contributed by atoms with Crippen LogP contribution < -0.4 is 5.56 Å². The second-order valence-electron chi connectivity index (χ2n) is 4.79. The number of alkyl halides is 3. The summed E-state index contributed by atoms with van der Waals surface area (Å²) in [5.74, 6) is 0. The minimum atomic E-state index is -4.44. The van der Waals surface area contributed by atoms with Gasteiger partial charge in [-0.2, -0.15) is 13.2 Å². The van der Waals surface area contributed by atoms with Gasteiger partial charge in [-0.05, 0) is 36.6 Å². The number of pyridine rings is 1. The molecule has 0 radical (unpaired) electrons. The fraction of sp³-hybridized carbons (Fsp3) is 0.133. The molecule has 1 aromatic carbocycles. The predicted molar refractivity (Wildman–Crippen MR) is 86.9 cm³/mol. The van der Waals surface area contributed by atoms with Gasteiger partial charge in [-0.15, -0.1) is 0 Å². The molecule has 4 nitrogen and oxygen atoms in total. The highest BCUT2D eigenvalue weighted by molar-refractivity contribution is 7.98. The molecule has 2 aromatic heterocycles. The lowest BCUT2D eigenvalue weighted by atomic mass is 10.2. The van der Waals surface area contributed by atoms with E-state index in [1.165, 1.54) is 40.6 Å². The molecule has 0 atom stereocenters. The van der Waals surface area contributed by atoms with E-state index in [2.05, 4.69) is 9.97 Å². The molecule has 0 N–H and O–H groups in total. The van der Waals surface area contributed by atoms with Crippen molar-refractivity contribution in [3.8, 4) is 5.69 Å². The van der Waals surface area contributed by atoms with Gasteiger partial charge in [0, 0.05) is 6.07 Å². The van der Waals surface area contributed by atoms with Crippen LogP contribution in [0.3, 0.4) is 0 Å². The van der Waals surface area contributed by atoms with Gasteiger partial charge in [0.1, 0.15) is 5.15 Å². The number of thioether (sulfide) groups is 1. The van der Waals surface area contributed by atoms with E-state index in [1.807, 2.05) is 0 Å². The number of hydrogen-bond donors (Lipinski definition) is 0. The number of fused-ring (bicyclic) bond motifs is 1. The van der Waals surface area contributed by atoms with Crippen LogP contribution in [0.2, 0.25) is 5.15 Å². The molecular formula is C15H9ClF3N3OS. The van der Waals surface area contributed by atoms with Crippen LogP contribution in [0.5, 0.6) is 0 Å². The zero-order valence-corrected chi connectivity index (χ0v) is 13.7. The molecule has 24 heavy (non-hydrogen) atoms. The number of nitrogens with zero attached hydrogens (tertiary/aromatic N) is 3. The maximum Gasteiger partial charge on any atom is 0.416 e. The van der Waals surface area contributed by atoms with Crippen molar-refractivity contribution in [2.75, 3.05) is 6.26 Å². The van der Waals surface area contributed by atoms with Gasteiger partial charge in [0.15, 0.2) is 10.8 Å². The topological polar surface area (TPSA) is 47.8 Å². The molecule has 0 aliphatic rings. The third-order valence-electron chi connectivity index (χ3n) is 3.32. The van der Waals surface area contributed by atoms with Crippen molar-refractivity contribution in [3.63, 3.8) is 0 Å². The highest BCUT2D eigenvalue weighted by atomic mass is 35.5. The number of rotatable bonds is 2. The first-order valence-electron chi connectivity index (χ1n) is 6.62. The van der Waals surface area contributed by atoms with Crippen molar-refractivity contribution in [2.45, 2.75) is 11.3 Å². The smallest absolute Gasteiger partial charge is 0.269 e. The fourth-order valence-electron chi connectivity index (χ4n) is 2.20. The lowest BCUT2D eigenvalue weighted by Gasteiger charge is -2.12. The summed E-state index contributed by atoms with van der Waals surface area (Å²) >= 11 is 7.35. The molecule has 9 heteroatoms. The van der Waals surface area contributed by atoms with Gasteiger partial charge in [0.2, 0.25) is 0 Å². The summed E-state index contributed by atoms with van der Waals surface area (Å²) in [6.45, 7) is 0. The van der Waals surface area contributed by atoms with Gasteiger partial charge in [0.25, 0.3) is 5.56 Å². The summed E-state index contributed by atoms with van der Waals surface area (Å²) < 4.78 is 39.3. The summed E-state index contributed by atoms with van der Waals surface area (Å²) in [4.78, 5) is 20.6. The van der Waals surface area contributed by atoms with Crippen LogP contribution in [0.1, 0.15) is 5.56 Å². The molecule has 0 saturated carbocycles. The van der Waals surface area contributed by atoms with Gasteiger partial charge in [-0.25, -0.2) is 9.97 Å². The second-order valence-corrected chi connectivity index (χ2v) is 5.92. The van der Waals surface area contributed by atoms with E-state index in [-0.39, 0.29) is 16.5 Å². The molecule has 2 heterocycles. The summed E-state index contributed by atoms with van der Waals surface area (Å²) in [5.41, 5.74) is -0.715. The molecule has 0 bridgehead atoms. The summed E-state index contributed by atoms with van der Waals surface area (Å²) in [6.07, 6.45) is -2.69. The number of benzene rings is 1. The molecule has 3 rings (SSSR count). The Morgan fingerprint density at radius 2 is 1.75 bits per heavy atom. The Hall–Kier alpha value is -2.06. The average Bonchev–Trinajstić information content (AvgIpc) is 2.53. The van der Waals surface area contributed by atoms with E-state index in [9.17, 15) is 18.0 Å². The Morgan fingerprint density at radius 1 is 1.08 bits per heavy atom. The molecular weight excluding hydrogens is 363 g/mol.